The molecule has 1 aromatic heterocycles. The van der Waals surface area contributed by atoms with Gasteiger partial charge in [-0.2, -0.15) is 0 Å². The number of β-amino-alcohol motifs (C(OH)–C–C–N with tert-alkyl or cyclic N) is 1. The third-order valence-electron chi connectivity index (χ3n) is 7.51. The Bertz CT molecular complexity index is 986. The van der Waals surface area contributed by atoms with Crippen molar-refractivity contribution < 1.29 is 14.6 Å². The molecule has 0 unspecified atom stereocenters. The molecule has 5 rings (SSSR count). The van der Waals surface area contributed by atoms with E-state index in [1.54, 1.807) is 7.11 Å². The average molecular weight is 467 g/mol. The summed E-state index contributed by atoms with van der Waals surface area (Å²) in [7, 11) is 1.66. The van der Waals surface area contributed by atoms with Crippen molar-refractivity contribution in [2.24, 2.45) is 0 Å². The van der Waals surface area contributed by atoms with E-state index in [4.69, 9.17) is 9.72 Å². The van der Waals surface area contributed by atoms with Crippen molar-refractivity contribution in [3.63, 3.8) is 0 Å². The molecule has 182 valence electrons. The number of benzene rings is 1. The highest BCUT2D eigenvalue weighted by molar-refractivity contribution is 5.94. The maximum Gasteiger partial charge on any atom is 0.326 e. The fraction of sp³-hybridized carbons (Fsp3) is 0.520. The maximum absolute atomic E-state index is 13.8. The molecule has 0 aliphatic carbocycles. The van der Waals surface area contributed by atoms with Crippen LogP contribution in [0.15, 0.2) is 42.6 Å². The number of aromatic nitrogens is 1. The van der Waals surface area contributed by atoms with E-state index < -0.39 is 0 Å². The number of aliphatic hydroxyl groups is 1. The van der Waals surface area contributed by atoms with E-state index >= 15 is 0 Å². The lowest BCUT2D eigenvalue weighted by Crippen LogP contribution is -2.54. The highest BCUT2D eigenvalue weighted by atomic mass is 16.5. The molecule has 1 spiro atoms. The summed E-state index contributed by atoms with van der Waals surface area (Å²) in [4.78, 5) is 24.7. The van der Waals surface area contributed by atoms with Gasteiger partial charge >= 0.3 is 6.03 Å². The Morgan fingerprint density at radius 1 is 1.18 bits per heavy atom. The quantitative estimate of drug-likeness (QED) is 0.570. The van der Waals surface area contributed by atoms with Crippen LogP contribution in [-0.2, 0) is 6.54 Å². The van der Waals surface area contributed by atoms with Crippen molar-refractivity contribution in [2.75, 3.05) is 57.9 Å². The van der Waals surface area contributed by atoms with Crippen molar-refractivity contribution in [1.82, 2.24) is 25.6 Å². The van der Waals surface area contributed by atoms with Crippen molar-refractivity contribution >= 4 is 11.8 Å². The summed E-state index contributed by atoms with van der Waals surface area (Å²) in [6.07, 6.45) is 3.65. The minimum atomic E-state index is -0.258. The van der Waals surface area contributed by atoms with Gasteiger partial charge in [-0.1, -0.05) is 18.2 Å². The van der Waals surface area contributed by atoms with Gasteiger partial charge in [0.25, 0.3) is 0 Å². The predicted molar refractivity (Wildman–Crippen MR) is 130 cm³/mol. The lowest BCUT2D eigenvalue weighted by Gasteiger charge is -2.43. The maximum atomic E-state index is 13.8. The van der Waals surface area contributed by atoms with E-state index in [9.17, 15) is 9.90 Å². The fourth-order valence-electron chi connectivity index (χ4n) is 5.42. The number of carbonyl (C=O) groups excluding carboxylic acids is 1. The standard InChI is InChI=1S/C25H34N6O3/c1-34-22-4-2-3-19(13-22)17-31-24(33)30(18-25(31)7-9-29(10-8-25)11-12-32)23-6-5-20(14-26-23)21-15-27-28-16-21/h2-6,13-14,21,27-28,32H,7-12,15-18H2,1H3. The number of urea groups is 1. The first-order chi connectivity index (χ1) is 16.6. The number of hydrazine groups is 1. The van der Waals surface area contributed by atoms with E-state index in [0.717, 1.165) is 50.3 Å². The van der Waals surface area contributed by atoms with E-state index in [1.165, 1.54) is 5.56 Å². The van der Waals surface area contributed by atoms with E-state index in [0.29, 0.717) is 31.4 Å². The SMILES string of the molecule is COc1cccc(CN2C(=O)N(c3ccc(C4CNNC4)cn3)CC23CCN(CCO)CC3)c1. The first-order valence-electron chi connectivity index (χ1n) is 12.1. The molecule has 3 fully saturated rings. The summed E-state index contributed by atoms with van der Waals surface area (Å²) >= 11 is 0. The number of amides is 2. The number of hydrogen-bond acceptors (Lipinski definition) is 7. The zero-order chi connectivity index (χ0) is 23.5. The molecule has 1 aromatic carbocycles. The lowest BCUT2D eigenvalue weighted by molar-refractivity contribution is 0.0640. The Kier molecular flexibility index (Phi) is 6.69. The fourth-order valence-corrected chi connectivity index (χ4v) is 5.42. The van der Waals surface area contributed by atoms with Crippen molar-refractivity contribution in [1.29, 1.82) is 0 Å². The lowest BCUT2D eigenvalue weighted by atomic mass is 9.86. The second kappa shape index (κ2) is 9.87. The highest BCUT2D eigenvalue weighted by Crippen LogP contribution is 2.39. The number of hydrogen-bond donors (Lipinski definition) is 3. The summed E-state index contributed by atoms with van der Waals surface area (Å²) < 4.78 is 5.40. The van der Waals surface area contributed by atoms with Crippen LogP contribution in [0.25, 0.3) is 0 Å². The molecule has 0 atom stereocenters. The van der Waals surface area contributed by atoms with Crippen molar-refractivity contribution in [3.8, 4) is 5.75 Å². The third-order valence-corrected chi connectivity index (χ3v) is 7.51. The molecule has 2 aromatic rings. The molecule has 34 heavy (non-hydrogen) atoms. The molecule has 0 bridgehead atoms. The van der Waals surface area contributed by atoms with E-state index in [-0.39, 0.29) is 18.2 Å². The molecule has 3 aliphatic heterocycles. The summed E-state index contributed by atoms with van der Waals surface area (Å²) in [6, 6.07) is 12.0. The molecule has 3 aliphatic rings. The second-order valence-corrected chi connectivity index (χ2v) is 9.50. The minimum absolute atomic E-state index is 0.00266. The van der Waals surface area contributed by atoms with Crippen LogP contribution < -0.4 is 20.5 Å². The molecule has 9 nitrogen and oxygen atoms in total. The number of aliphatic hydroxyl groups excluding tert-OH is 1. The number of piperidine rings is 1. The predicted octanol–water partition coefficient (Wildman–Crippen LogP) is 1.55. The van der Waals surface area contributed by atoms with Crippen LogP contribution in [0.2, 0.25) is 0 Å². The number of nitrogens with zero attached hydrogens (tertiary/aromatic N) is 4. The van der Waals surface area contributed by atoms with Gasteiger partial charge in [-0.25, -0.2) is 9.78 Å². The molecule has 2 amide bonds. The zero-order valence-corrected chi connectivity index (χ0v) is 19.7. The Hall–Kier alpha value is -2.72. The van der Waals surface area contributed by atoms with Crippen molar-refractivity contribution in [2.45, 2.75) is 30.8 Å². The van der Waals surface area contributed by atoms with E-state index in [2.05, 4.69) is 21.8 Å². The number of anilines is 1. The second-order valence-electron chi connectivity index (χ2n) is 9.50. The summed E-state index contributed by atoms with van der Waals surface area (Å²) in [6.45, 7) is 5.49. The van der Waals surface area contributed by atoms with Gasteiger partial charge in [0.2, 0.25) is 0 Å². The molecular formula is C25H34N6O3. The number of pyridine rings is 1. The molecular weight excluding hydrogens is 432 g/mol. The number of nitrogens with one attached hydrogen (secondary N) is 2. The van der Waals surface area contributed by atoms with Gasteiger partial charge in [0.15, 0.2) is 0 Å². The van der Waals surface area contributed by atoms with E-state index in [1.807, 2.05) is 46.3 Å². The summed E-state index contributed by atoms with van der Waals surface area (Å²) in [5.74, 6) is 1.89. The highest BCUT2D eigenvalue weighted by Gasteiger charge is 2.51. The summed E-state index contributed by atoms with van der Waals surface area (Å²) in [5, 5.41) is 9.36. The van der Waals surface area contributed by atoms with Crippen LogP contribution in [0, 0.1) is 0 Å². The smallest absolute Gasteiger partial charge is 0.326 e. The Morgan fingerprint density at radius 2 is 1.97 bits per heavy atom. The topological polar surface area (TPSA) is 93.2 Å². The van der Waals surface area contributed by atoms with Crippen LogP contribution in [0.5, 0.6) is 5.75 Å². The van der Waals surface area contributed by atoms with Gasteiger partial charge in [0.05, 0.1) is 25.8 Å². The third kappa shape index (κ3) is 4.48. The van der Waals surface area contributed by atoms with Crippen LogP contribution >= 0.6 is 0 Å². The van der Waals surface area contributed by atoms with Gasteiger partial charge in [-0.05, 0) is 42.2 Å². The number of rotatable bonds is 7. The normalized spacial score (nSPS) is 21.1. The molecule has 0 saturated carbocycles. The minimum Gasteiger partial charge on any atom is -0.497 e. The average Bonchev–Trinajstić information content (AvgIpc) is 3.50. The van der Waals surface area contributed by atoms with Gasteiger partial charge in [0, 0.05) is 51.4 Å². The van der Waals surface area contributed by atoms with Gasteiger partial charge in [-0.3, -0.25) is 15.8 Å². The first-order valence-corrected chi connectivity index (χ1v) is 12.1. The molecule has 0 radical (unpaired) electrons. The Balaban J connectivity index is 1.40. The number of likely N-dealkylation sites (tertiary alicyclic amines) is 1. The van der Waals surface area contributed by atoms with Crippen LogP contribution in [0.3, 0.4) is 0 Å². The molecule has 4 heterocycles. The Morgan fingerprint density at radius 3 is 2.65 bits per heavy atom. The van der Waals surface area contributed by atoms with Crippen molar-refractivity contribution in [3.05, 3.63) is 53.7 Å². The number of methoxy groups -OCH3 is 1. The van der Waals surface area contributed by atoms with Crippen LogP contribution in [0.4, 0.5) is 10.6 Å². The Labute approximate surface area is 200 Å². The van der Waals surface area contributed by atoms with Crippen LogP contribution in [-0.4, -0.2) is 84.4 Å². The molecule has 3 N–H and O–H groups in total. The summed E-state index contributed by atoms with van der Waals surface area (Å²) in [5.41, 5.74) is 8.29. The number of ether oxygens (including phenoxy) is 1. The van der Waals surface area contributed by atoms with Gasteiger partial charge in [0.1, 0.15) is 11.6 Å². The van der Waals surface area contributed by atoms with Gasteiger partial charge in [-0.15, -0.1) is 0 Å². The van der Waals surface area contributed by atoms with Crippen LogP contribution in [0.1, 0.15) is 29.9 Å². The molecule has 9 heteroatoms. The first kappa shape index (κ1) is 23.0. The van der Waals surface area contributed by atoms with Gasteiger partial charge < -0.3 is 19.6 Å². The molecule has 3 saturated heterocycles. The zero-order valence-electron chi connectivity index (χ0n) is 19.7. The monoisotopic (exact) mass is 466 g/mol. The largest absolute Gasteiger partial charge is 0.497 e. The number of carbonyl (C=O) groups is 1.